The molecule has 98 valence electrons. The van der Waals surface area contributed by atoms with E-state index in [1.807, 2.05) is 24.3 Å². The molecule has 1 N–H and O–H groups in total. The van der Waals surface area contributed by atoms with Gasteiger partial charge in [0.1, 0.15) is 0 Å². The van der Waals surface area contributed by atoms with Gasteiger partial charge in [0.25, 0.3) is 0 Å². The zero-order valence-electron chi connectivity index (χ0n) is 10.7. The van der Waals surface area contributed by atoms with Gasteiger partial charge in [-0.05, 0) is 42.2 Å². The van der Waals surface area contributed by atoms with Crippen LogP contribution in [0.1, 0.15) is 11.1 Å². The van der Waals surface area contributed by atoms with Crippen LogP contribution in [0.2, 0.25) is 0 Å². The zero-order chi connectivity index (χ0) is 13.5. The molecule has 4 heteroatoms. The van der Waals surface area contributed by atoms with Crippen LogP contribution in [-0.2, 0) is 22.7 Å². The molecule has 1 aliphatic heterocycles. The Morgan fingerprint density at radius 3 is 2.37 bits per heavy atom. The summed E-state index contributed by atoms with van der Waals surface area (Å²) in [6.45, 7) is 0. The van der Waals surface area contributed by atoms with Crippen molar-refractivity contribution in [2.75, 3.05) is 11.6 Å². The fourth-order valence-electron chi connectivity index (χ4n) is 2.40. The smallest absolute Gasteiger partial charge is 0.175 e. The van der Waals surface area contributed by atoms with Crippen molar-refractivity contribution >= 4 is 21.2 Å². The van der Waals surface area contributed by atoms with Crippen molar-refractivity contribution in [2.45, 2.75) is 17.7 Å². The Bertz CT molecular complexity index is 736. The molecule has 0 spiro atoms. The molecule has 19 heavy (non-hydrogen) atoms. The third-order valence-electron chi connectivity index (χ3n) is 3.46. The van der Waals surface area contributed by atoms with Crippen molar-refractivity contribution in [3.63, 3.8) is 0 Å². The summed E-state index contributed by atoms with van der Waals surface area (Å²) in [5, 5.41) is 3.35. The molecule has 2 aromatic carbocycles. The fourth-order valence-corrected chi connectivity index (χ4v) is 3.04. The second-order valence-corrected chi connectivity index (χ2v) is 6.89. The summed E-state index contributed by atoms with van der Waals surface area (Å²) in [5.74, 6) is 0. The molecule has 1 aliphatic rings. The Kier molecular flexibility index (Phi) is 2.82. The minimum Gasteiger partial charge on any atom is -0.355 e. The molecule has 0 aromatic heterocycles. The molecule has 0 atom stereocenters. The van der Waals surface area contributed by atoms with Crippen LogP contribution >= 0.6 is 0 Å². The van der Waals surface area contributed by atoms with E-state index in [2.05, 4.69) is 11.4 Å². The SMILES string of the molecule is CS(=O)(=O)c1ccc2c(c1)Nc1ccccc1CC2. The van der Waals surface area contributed by atoms with Crippen LogP contribution in [0.5, 0.6) is 0 Å². The summed E-state index contributed by atoms with van der Waals surface area (Å²) >= 11 is 0. The van der Waals surface area contributed by atoms with Crippen molar-refractivity contribution in [2.24, 2.45) is 0 Å². The topological polar surface area (TPSA) is 46.2 Å². The second-order valence-electron chi connectivity index (χ2n) is 4.87. The van der Waals surface area contributed by atoms with Gasteiger partial charge in [-0.25, -0.2) is 8.42 Å². The van der Waals surface area contributed by atoms with Gasteiger partial charge in [0.2, 0.25) is 0 Å². The zero-order valence-corrected chi connectivity index (χ0v) is 11.5. The van der Waals surface area contributed by atoms with Crippen LogP contribution in [0, 0.1) is 0 Å². The molecule has 2 aromatic rings. The highest BCUT2D eigenvalue weighted by atomic mass is 32.2. The number of sulfone groups is 1. The molecule has 3 nitrogen and oxygen atoms in total. The van der Waals surface area contributed by atoms with Crippen LogP contribution in [-0.4, -0.2) is 14.7 Å². The first-order chi connectivity index (χ1) is 9.04. The van der Waals surface area contributed by atoms with E-state index in [0.717, 1.165) is 29.8 Å². The normalized spacial score (nSPS) is 13.9. The fraction of sp³-hybridized carbons (Fsp3) is 0.200. The highest BCUT2D eigenvalue weighted by molar-refractivity contribution is 7.90. The lowest BCUT2D eigenvalue weighted by Crippen LogP contribution is -2.00. The Labute approximate surface area is 113 Å². The van der Waals surface area contributed by atoms with Crippen LogP contribution in [0.3, 0.4) is 0 Å². The van der Waals surface area contributed by atoms with Gasteiger partial charge in [0.15, 0.2) is 9.84 Å². The number of fused-ring (bicyclic) bond motifs is 2. The number of nitrogens with one attached hydrogen (secondary N) is 1. The van der Waals surface area contributed by atoms with E-state index >= 15 is 0 Å². The number of rotatable bonds is 1. The van der Waals surface area contributed by atoms with E-state index in [4.69, 9.17) is 0 Å². The van der Waals surface area contributed by atoms with E-state index in [0.29, 0.717) is 4.90 Å². The maximum atomic E-state index is 11.6. The van der Waals surface area contributed by atoms with Crippen LogP contribution < -0.4 is 5.32 Å². The highest BCUT2D eigenvalue weighted by Crippen LogP contribution is 2.31. The lowest BCUT2D eigenvalue weighted by Gasteiger charge is -2.10. The first-order valence-corrected chi connectivity index (χ1v) is 8.11. The summed E-state index contributed by atoms with van der Waals surface area (Å²) in [6.07, 6.45) is 3.12. The van der Waals surface area contributed by atoms with Gasteiger partial charge in [0, 0.05) is 17.6 Å². The summed E-state index contributed by atoms with van der Waals surface area (Å²) < 4.78 is 23.2. The van der Waals surface area contributed by atoms with E-state index in [1.165, 1.54) is 11.8 Å². The second kappa shape index (κ2) is 4.38. The third-order valence-corrected chi connectivity index (χ3v) is 4.57. The van der Waals surface area contributed by atoms with Crippen LogP contribution in [0.25, 0.3) is 0 Å². The predicted octanol–water partition coefficient (Wildman–Crippen LogP) is 2.93. The van der Waals surface area contributed by atoms with E-state index in [-0.39, 0.29) is 0 Å². The average Bonchev–Trinajstić information content (AvgIpc) is 2.55. The van der Waals surface area contributed by atoms with Gasteiger partial charge in [-0.3, -0.25) is 0 Å². The quantitative estimate of drug-likeness (QED) is 0.869. The highest BCUT2D eigenvalue weighted by Gasteiger charge is 2.15. The van der Waals surface area contributed by atoms with Gasteiger partial charge < -0.3 is 5.32 Å². The molecule has 0 bridgehead atoms. The molecule has 3 rings (SSSR count). The Morgan fingerprint density at radius 1 is 0.947 bits per heavy atom. The molecule has 0 amide bonds. The van der Waals surface area contributed by atoms with E-state index < -0.39 is 9.84 Å². The number of aryl methyl sites for hydroxylation is 2. The average molecular weight is 273 g/mol. The maximum Gasteiger partial charge on any atom is 0.175 e. The van der Waals surface area contributed by atoms with Gasteiger partial charge >= 0.3 is 0 Å². The largest absolute Gasteiger partial charge is 0.355 e. The molecular weight excluding hydrogens is 258 g/mol. The summed E-state index contributed by atoms with van der Waals surface area (Å²) in [6, 6.07) is 13.5. The summed E-state index contributed by atoms with van der Waals surface area (Å²) in [5.41, 5.74) is 4.38. The Hall–Kier alpha value is -1.81. The minimum absolute atomic E-state index is 0.359. The molecule has 0 fully saturated rings. The first-order valence-electron chi connectivity index (χ1n) is 6.22. The molecule has 0 unspecified atom stereocenters. The molecule has 0 aliphatic carbocycles. The lowest BCUT2D eigenvalue weighted by atomic mass is 10.0. The molecular formula is C15H15NO2S. The Morgan fingerprint density at radius 2 is 1.63 bits per heavy atom. The number of para-hydroxylation sites is 1. The standard InChI is InChI=1S/C15H15NO2S/c1-19(17,18)13-9-8-12-7-6-11-4-2-3-5-14(11)16-15(12)10-13/h2-5,8-10,16H,6-7H2,1H3. The van der Waals surface area contributed by atoms with Gasteiger partial charge in [-0.1, -0.05) is 24.3 Å². The van der Waals surface area contributed by atoms with Crippen LogP contribution in [0.15, 0.2) is 47.4 Å². The number of hydrogen-bond donors (Lipinski definition) is 1. The number of benzene rings is 2. The number of hydrogen-bond acceptors (Lipinski definition) is 3. The van der Waals surface area contributed by atoms with Gasteiger partial charge in [-0.15, -0.1) is 0 Å². The third kappa shape index (κ3) is 2.36. The summed E-state index contributed by atoms with van der Waals surface area (Å²) in [7, 11) is -3.17. The van der Waals surface area contributed by atoms with Gasteiger partial charge in [-0.2, -0.15) is 0 Å². The lowest BCUT2D eigenvalue weighted by molar-refractivity contribution is 0.602. The van der Waals surface area contributed by atoms with Crippen molar-refractivity contribution in [1.82, 2.24) is 0 Å². The summed E-state index contributed by atoms with van der Waals surface area (Å²) in [4.78, 5) is 0.359. The molecule has 0 saturated heterocycles. The first kappa shape index (κ1) is 12.2. The van der Waals surface area contributed by atoms with Crippen molar-refractivity contribution in [3.8, 4) is 0 Å². The predicted molar refractivity (Wildman–Crippen MR) is 76.7 cm³/mol. The maximum absolute atomic E-state index is 11.6. The molecule has 1 heterocycles. The van der Waals surface area contributed by atoms with Crippen LogP contribution in [0.4, 0.5) is 11.4 Å². The van der Waals surface area contributed by atoms with Crippen molar-refractivity contribution in [3.05, 3.63) is 53.6 Å². The minimum atomic E-state index is -3.17. The van der Waals surface area contributed by atoms with E-state index in [9.17, 15) is 8.42 Å². The van der Waals surface area contributed by atoms with Gasteiger partial charge in [0.05, 0.1) is 4.90 Å². The van der Waals surface area contributed by atoms with E-state index in [1.54, 1.807) is 12.1 Å². The van der Waals surface area contributed by atoms with Crippen molar-refractivity contribution in [1.29, 1.82) is 0 Å². The molecule has 0 radical (unpaired) electrons. The number of anilines is 2. The monoisotopic (exact) mass is 273 g/mol. The molecule has 0 saturated carbocycles. The Balaban J connectivity index is 2.10. The van der Waals surface area contributed by atoms with Crippen molar-refractivity contribution < 1.29 is 8.42 Å².